The molecular weight excluding hydrogens is 296 g/mol. The quantitative estimate of drug-likeness (QED) is 0.621. The lowest BCUT2D eigenvalue weighted by molar-refractivity contribution is 0.0697. The van der Waals surface area contributed by atoms with Gasteiger partial charge in [0.1, 0.15) is 0 Å². The van der Waals surface area contributed by atoms with Gasteiger partial charge in [0.2, 0.25) is 10.0 Å². The monoisotopic (exact) mass is 316 g/mol. The van der Waals surface area contributed by atoms with Gasteiger partial charge in [-0.05, 0) is 38.5 Å². The van der Waals surface area contributed by atoms with E-state index in [9.17, 15) is 13.2 Å². The topological polar surface area (TPSA) is 119 Å². The molecule has 0 fully saturated rings. The van der Waals surface area contributed by atoms with E-state index in [1.165, 1.54) is 12.1 Å². The van der Waals surface area contributed by atoms with E-state index < -0.39 is 16.0 Å². The fraction of sp³-hybridized carbons (Fsp3) is 0.462. The Morgan fingerprint density at radius 2 is 2.10 bits per heavy atom. The van der Waals surface area contributed by atoms with Crippen molar-refractivity contribution in [2.75, 3.05) is 18.5 Å². The van der Waals surface area contributed by atoms with Crippen molar-refractivity contribution >= 4 is 21.7 Å². The van der Waals surface area contributed by atoms with Crippen molar-refractivity contribution < 1.29 is 23.1 Å². The Balaban J connectivity index is 2.76. The Morgan fingerprint density at radius 3 is 2.62 bits per heavy atom. The lowest BCUT2D eigenvalue weighted by atomic mass is 10.2. The molecule has 8 heteroatoms. The molecule has 0 spiro atoms. The fourth-order valence-corrected chi connectivity index (χ4v) is 2.19. The Hall–Kier alpha value is -1.64. The van der Waals surface area contributed by atoms with Crippen molar-refractivity contribution in [2.45, 2.75) is 31.3 Å². The second-order valence-corrected chi connectivity index (χ2v) is 6.32. The first kappa shape index (κ1) is 17.4. The normalized spacial score (nSPS) is 11.6. The SMILES string of the molecule is CC(C)OCCCNc1ccc(S(N)(=O)=O)cc1C(=O)O. The highest BCUT2D eigenvalue weighted by molar-refractivity contribution is 7.89. The smallest absolute Gasteiger partial charge is 0.337 e. The Bertz CT molecular complexity index is 599. The van der Waals surface area contributed by atoms with Crippen molar-refractivity contribution in [3.05, 3.63) is 23.8 Å². The molecule has 118 valence electrons. The summed E-state index contributed by atoms with van der Waals surface area (Å²) in [7, 11) is -3.93. The van der Waals surface area contributed by atoms with Gasteiger partial charge in [-0.15, -0.1) is 0 Å². The summed E-state index contributed by atoms with van der Waals surface area (Å²) in [5.41, 5.74) is 0.214. The van der Waals surface area contributed by atoms with Crippen LogP contribution in [0.1, 0.15) is 30.6 Å². The molecule has 1 rings (SSSR count). The van der Waals surface area contributed by atoms with Crippen LogP contribution in [0.25, 0.3) is 0 Å². The summed E-state index contributed by atoms with van der Waals surface area (Å²) in [4.78, 5) is 11.0. The summed E-state index contributed by atoms with van der Waals surface area (Å²) in [6.45, 7) is 4.94. The highest BCUT2D eigenvalue weighted by Crippen LogP contribution is 2.20. The Labute approximate surface area is 124 Å². The van der Waals surface area contributed by atoms with Gasteiger partial charge in [-0.25, -0.2) is 18.4 Å². The Morgan fingerprint density at radius 1 is 1.43 bits per heavy atom. The first-order valence-corrected chi connectivity index (χ1v) is 8.02. The molecule has 0 aliphatic heterocycles. The van der Waals surface area contributed by atoms with Crippen molar-refractivity contribution in [2.24, 2.45) is 5.14 Å². The number of sulfonamides is 1. The first-order chi connectivity index (χ1) is 9.71. The number of anilines is 1. The van der Waals surface area contributed by atoms with Gasteiger partial charge >= 0.3 is 5.97 Å². The van der Waals surface area contributed by atoms with Crippen molar-refractivity contribution in [1.29, 1.82) is 0 Å². The minimum atomic E-state index is -3.93. The molecule has 0 bridgehead atoms. The van der Waals surface area contributed by atoms with E-state index >= 15 is 0 Å². The predicted octanol–water partition coefficient (Wildman–Crippen LogP) is 1.26. The average molecular weight is 316 g/mol. The van der Waals surface area contributed by atoms with Crippen molar-refractivity contribution in [3.8, 4) is 0 Å². The van der Waals surface area contributed by atoms with E-state index in [1.54, 1.807) is 0 Å². The number of nitrogens with two attached hydrogens (primary N) is 1. The van der Waals surface area contributed by atoms with Crippen LogP contribution in [0.4, 0.5) is 5.69 Å². The molecule has 1 aromatic carbocycles. The van der Waals surface area contributed by atoms with E-state index in [4.69, 9.17) is 15.0 Å². The highest BCUT2D eigenvalue weighted by atomic mass is 32.2. The molecule has 0 aliphatic carbocycles. The minimum absolute atomic E-state index is 0.133. The Kier molecular flexibility index (Phi) is 6.13. The molecule has 0 aromatic heterocycles. The number of carboxylic acid groups (broad SMARTS) is 1. The molecule has 1 aromatic rings. The maximum Gasteiger partial charge on any atom is 0.337 e. The summed E-state index contributed by atoms with van der Waals surface area (Å²) in [5, 5.41) is 17.1. The summed E-state index contributed by atoms with van der Waals surface area (Å²) < 4.78 is 27.8. The van der Waals surface area contributed by atoms with Crippen LogP contribution in [0, 0.1) is 0 Å². The van der Waals surface area contributed by atoms with Crippen LogP contribution in [0.3, 0.4) is 0 Å². The average Bonchev–Trinajstić information content (AvgIpc) is 2.36. The zero-order valence-corrected chi connectivity index (χ0v) is 12.8. The summed E-state index contributed by atoms with van der Waals surface area (Å²) >= 11 is 0. The summed E-state index contributed by atoms with van der Waals surface area (Å²) in [6.07, 6.45) is 0.849. The lowest BCUT2D eigenvalue weighted by Crippen LogP contribution is -2.15. The minimum Gasteiger partial charge on any atom is -0.478 e. The van der Waals surface area contributed by atoms with E-state index in [0.29, 0.717) is 25.3 Å². The molecule has 0 atom stereocenters. The van der Waals surface area contributed by atoms with Crippen molar-refractivity contribution in [1.82, 2.24) is 0 Å². The van der Waals surface area contributed by atoms with Crippen molar-refractivity contribution in [3.63, 3.8) is 0 Å². The lowest BCUT2D eigenvalue weighted by Gasteiger charge is -2.12. The van der Waals surface area contributed by atoms with Gasteiger partial charge in [0, 0.05) is 18.8 Å². The summed E-state index contributed by atoms with van der Waals surface area (Å²) in [5.74, 6) is -1.22. The molecular formula is C13H20N2O5S. The third-order valence-corrected chi connectivity index (χ3v) is 3.55. The number of ether oxygens (including phenoxy) is 1. The van der Waals surface area contributed by atoms with Gasteiger partial charge in [0.25, 0.3) is 0 Å². The number of benzene rings is 1. The second kappa shape index (κ2) is 7.39. The van der Waals surface area contributed by atoms with Crippen LogP contribution in [0.5, 0.6) is 0 Å². The molecule has 7 nitrogen and oxygen atoms in total. The summed E-state index contributed by atoms with van der Waals surface area (Å²) in [6, 6.07) is 3.71. The van der Waals surface area contributed by atoms with Crippen LogP contribution >= 0.6 is 0 Å². The highest BCUT2D eigenvalue weighted by Gasteiger charge is 2.15. The predicted molar refractivity (Wildman–Crippen MR) is 79.0 cm³/mol. The molecule has 0 amide bonds. The molecule has 0 radical (unpaired) electrons. The zero-order chi connectivity index (χ0) is 16.0. The first-order valence-electron chi connectivity index (χ1n) is 6.47. The van der Waals surface area contributed by atoms with Crippen LogP contribution in [0.2, 0.25) is 0 Å². The number of carboxylic acids is 1. The molecule has 21 heavy (non-hydrogen) atoms. The number of carbonyl (C=O) groups is 1. The van der Waals surface area contributed by atoms with Crippen LogP contribution in [-0.4, -0.2) is 38.7 Å². The zero-order valence-electron chi connectivity index (χ0n) is 12.0. The third-order valence-electron chi connectivity index (χ3n) is 2.64. The molecule has 0 unspecified atom stereocenters. The standard InChI is InChI=1S/C13H20N2O5S/c1-9(2)20-7-3-6-15-12-5-4-10(21(14,18)19)8-11(12)13(16)17/h4-5,8-9,15H,3,6-7H2,1-2H3,(H,16,17)(H2,14,18,19). The molecule has 0 saturated heterocycles. The van der Waals surface area contributed by atoms with Crippen LogP contribution < -0.4 is 10.5 Å². The number of rotatable bonds is 8. The number of primary sulfonamides is 1. The van der Waals surface area contributed by atoms with E-state index in [0.717, 1.165) is 6.07 Å². The van der Waals surface area contributed by atoms with E-state index in [-0.39, 0.29) is 16.6 Å². The third kappa shape index (κ3) is 5.70. The second-order valence-electron chi connectivity index (χ2n) is 4.76. The maximum absolute atomic E-state index is 11.2. The van der Waals surface area contributed by atoms with E-state index in [2.05, 4.69) is 5.32 Å². The molecule has 0 saturated carbocycles. The number of aromatic carboxylic acids is 1. The van der Waals surface area contributed by atoms with Gasteiger partial charge in [-0.2, -0.15) is 0 Å². The number of hydrogen-bond donors (Lipinski definition) is 3. The van der Waals surface area contributed by atoms with Gasteiger partial charge in [-0.3, -0.25) is 0 Å². The molecule has 0 heterocycles. The fourth-order valence-electron chi connectivity index (χ4n) is 1.65. The number of nitrogens with one attached hydrogen (secondary N) is 1. The molecule has 4 N–H and O–H groups in total. The number of hydrogen-bond acceptors (Lipinski definition) is 5. The van der Waals surface area contributed by atoms with Crippen LogP contribution in [0.15, 0.2) is 23.1 Å². The van der Waals surface area contributed by atoms with E-state index in [1.807, 2.05) is 13.8 Å². The van der Waals surface area contributed by atoms with Gasteiger partial charge in [0.05, 0.1) is 16.6 Å². The largest absolute Gasteiger partial charge is 0.478 e. The van der Waals surface area contributed by atoms with Gasteiger partial charge in [-0.1, -0.05) is 0 Å². The van der Waals surface area contributed by atoms with Crippen LogP contribution in [-0.2, 0) is 14.8 Å². The van der Waals surface area contributed by atoms with Gasteiger partial charge in [0.15, 0.2) is 0 Å². The van der Waals surface area contributed by atoms with Gasteiger partial charge < -0.3 is 15.2 Å². The maximum atomic E-state index is 11.2. The molecule has 0 aliphatic rings.